The Labute approximate surface area is 90.8 Å². The number of halogens is 1. The van der Waals surface area contributed by atoms with Crippen LogP contribution in [0, 0.1) is 0 Å². The summed E-state index contributed by atoms with van der Waals surface area (Å²) in [7, 11) is 3.04. The molecule has 4 nitrogen and oxygen atoms in total. The molecule has 0 saturated heterocycles. The molecule has 0 spiro atoms. The van der Waals surface area contributed by atoms with Crippen LogP contribution >= 0.6 is 15.9 Å². The van der Waals surface area contributed by atoms with Crippen molar-refractivity contribution in [2.45, 2.75) is 6.04 Å². The predicted molar refractivity (Wildman–Crippen MR) is 55.8 cm³/mol. The van der Waals surface area contributed by atoms with E-state index >= 15 is 0 Å². The molecule has 1 atom stereocenters. The van der Waals surface area contributed by atoms with E-state index in [1.54, 1.807) is 19.3 Å². The summed E-state index contributed by atoms with van der Waals surface area (Å²) < 4.78 is 5.51. The van der Waals surface area contributed by atoms with Gasteiger partial charge < -0.3 is 10.1 Å². The molecule has 0 aliphatic rings. The van der Waals surface area contributed by atoms with E-state index in [9.17, 15) is 4.79 Å². The van der Waals surface area contributed by atoms with Gasteiger partial charge in [0.15, 0.2) is 0 Å². The van der Waals surface area contributed by atoms with Crippen LogP contribution in [0.1, 0.15) is 11.7 Å². The largest absolute Gasteiger partial charge is 0.468 e. The van der Waals surface area contributed by atoms with Crippen LogP contribution in [0.5, 0.6) is 0 Å². The van der Waals surface area contributed by atoms with Gasteiger partial charge in [-0.2, -0.15) is 0 Å². The molecule has 1 N–H and O–H groups in total. The van der Waals surface area contributed by atoms with Gasteiger partial charge in [-0.15, -0.1) is 0 Å². The van der Waals surface area contributed by atoms with Crippen LogP contribution in [0.15, 0.2) is 22.8 Å². The van der Waals surface area contributed by atoms with Crippen LogP contribution in [-0.2, 0) is 9.53 Å². The van der Waals surface area contributed by atoms with Crippen LogP contribution < -0.4 is 5.32 Å². The van der Waals surface area contributed by atoms with Crippen molar-refractivity contribution in [2.75, 3.05) is 14.2 Å². The molecule has 1 rings (SSSR count). The number of hydrogen-bond donors (Lipinski definition) is 1. The smallest absolute Gasteiger partial charge is 0.329 e. The molecule has 0 radical (unpaired) electrons. The van der Waals surface area contributed by atoms with Gasteiger partial charge in [0, 0.05) is 10.7 Å². The number of aromatic nitrogens is 1. The highest BCUT2D eigenvalue weighted by atomic mass is 79.9. The van der Waals surface area contributed by atoms with Gasteiger partial charge in [-0.3, -0.25) is 4.98 Å². The summed E-state index contributed by atoms with van der Waals surface area (Å²) in [6, 6.07) is 3.09. The molecule has 1 unspecified atom stereocenters. The van der Waals surface area contributed by atoms with E-state index in [2.05, 4.69) is 31.0 Å². The fraction of sp³-hybridized carbons (Fsp3) is 0.333. The van der Waals surface area contributed by atoms with Gasteiger partial charge in [0.25, 0.3) is 0 Å². The van der Waals surface area contributed by atoms with Crippen molar-refractivity contribution >= 4 is 21.9 Å². The first-order valence-electron chi connectivity index (χ1n) is 4.05. The zero-order chi connectivity index (χ0) is 10.6. The van der Waals surface area contributed by atoms with E-state index in [4.69, 9.17) is 0 Å². The molecule has 5 heteroatoms. The van der Waals surface area contributed by atoms with Gasteiger partial charge in [0.1, 0.15) is 6.04 Å². The van der Waals surface area contributed by atoms with Crippen molar-refractivity contribution in [1.29, 1.82) is 0 Å². The van der Waals surface area contributed by atoms with Crippen LogP contribution in [-0.4, -0.2) is 25.1 Å². The summed E-state index contributed by atoms with van der Waals surface area (Å²) in [5.41, 5.74) is 0.641. The highest BCUT2D eigenvalue weighted by Crippen LogP contribution is 2.14. The maximum atomic E-state index is 11.3. The molecule has 1 aromatic rings. The monoisotopic (exact) mass is 258 g/mol. The molecule has 0 aromatic carbocycles. The third-order valence-electron chi connectivity index (χ3n) is 1.77. The Bertz CT molecular complexity index is 313. The maximum absolute atomic E-state index is 11.3. The number of likely N-dealkylation sites (N-methyl/N-ethyl adjacent to an activating group) is 1. The van der Waals surface area contributed by atoms with Gasteiger partial charge in [-0.1, -0.05) is 0 Å². The molecule has 0 amide bonds. The third-order valence-corrected chi connectivity index (χ3v) is 2.24. The average molecular weight is 259 g/mol. The minimum Gasteiger partial charge on any atom is -0.468 e. The summed E-state index contributed by atoms with van der Waals surface area (Å²) in [4.78, 5) is 15.4. The van der Waals surface area contributed by atoms with Crippen molar-refractivity contribution in [3.63, 3.8) is 0 Å². The van der Waals surface area contributed by atoms with E-state index < -0.39 is 6.04 Å². The lowest BCUT2D eigenvalue weighted by molar-refractivity contribution is -0.143. The summed E-state index contributed by atoms with van der Waals surface area (Å²) in [6.07, 6.45) is 1.64. The lowest BCUT2D eigenvalue weighted by Gasteiger charge is -2.12. The van der Waals surface area contributed by atoms with Gasteiger partial charge in [0.05, 0.1) is 12.8 Å². The quantitative estimate of drug-likeness (QED) is 0.831. The summed E-state index contributed by atoms with van der Waals surface area (Å²) in [5.74, 6) is -0.345. The highest BCUT2D eigenvalue weighted by Gasteiger charge is 2.19. The van der Waals surface area contributed by atoms with Crippen LogP contribution in [0.25, 0.3) is 0 Å². The normalized spacial score (nSPS) is 12.2. The first kappa shape index (κ1) is 11.1. The highest BCUT2D eigenvalue weighted by molar-refractivity contribution is 9.10. The lowest BCUT2D eigenvalue weighted by Crippen LogP contribution is -2.27. The van der Waals surface area contributed by atoms with Crippen LogP contribution in [0.2, 0.25) is 0 Å². The number of esters is 1. The van der Waals surface area contributed by atoms with Gasteiger partial charge in [-0.25, -0.2) is 4.79 Å². The second-order valence-electron chi connectivity index (χ2n) is 2.65. The molecule has 0 bridgehead atoms. The Kier molecular flexibility index (Phi) is 4.03. The lowest BCUT2D eigenvalue weighted by atomic mass is 10.2. The fourth-order valence-electron chi connectivity index (χ4n) is 1.06. The van der Waals surface area contributed by atoms with Crippen molar-refractivity contribution in [3.05, 3.63) is 28.5 Å². The predicted octanol–water partition coefficient (Wildman–Crippen LogP) is 1.28. The van der Waals surface area contributed by atoms with Gasteiger partial charge >= 0.3 is 5.97 Å². The number of hydrogen-bond acceptors (Lipinski definition) is 4. The van der Waals surface area contributed by atoms with Gasteiger partial charge in [0.2, 0.25) is 0 Å². The molecule has 0 aliphatic carbocycles. The van der Waals surface area contributed by atoms with E-state index in [0.29, 0.717) is 5.69 Å². The Morgan fingerprint density at radius 2 is 2.36 bits per heavy atom. The van der Waals surface area contributed by atoms with E-state index in [1.165, 1.54) is 7.11 Å². The Balaban J connectivity index is 2.89. The first-order chi connectivity index (χ1) is 6.69. The number of ether oxygens (including phenoxy) is 1. The molecule has 1 heterocycles. The molecule has 14 heavy (non-hydrogen) atoms. The molecular formula is C9H11BrN2O2. The average Bonchev–Trinajstić information content (AvgIpc) is 2.21. The number of pyridine rings is 1. The fourth-order valence-corrected chi connectivity index (χ4v) is 1.30. The summed E-state index contributed by atoms with van der Waals surface area (Å²) in [5, 5.41) is 2.84. The van der Waals surface area contributed by atoms with Crippen LogP contribution in [0.3, 0.4) is 0 Å². The Morgan fingerprint density at radius 1 is 1.64 bits per heavy atom. The molecule has 0 aliphatic heterocycles. The molecule has 76 valence electrons. The summed E-state index contributed by atoms with van der Waals surface area (Å²) in [6.45, 7) is 0. The van der Waals surface area contributed by atoms with Crippen molar-refractivity contribution in [2.24, 2.45) is 0 Å². The Hall–Kier alpha value is -0.940. The SMILES string of the molecule is CNC(C(=O)OC)c1ccc(Br)cn1. The number of nitrogens with zero attached hydrogens (tertiary/aromatic N) is 1. The third kappa shape index (κ3) is 2.52. The minimum absolute atomic E-state index is 0.345. The minimum atomic E-state index is -0.506. The number of rotatable bonds is 3. The van der Waals surface area contributed by atoms with E-state index in [0.717, 1.165) is 4.47 Å². The zero-order valence-electron chi connectivity index (χ0n) is 7.95. The zero-order valence-corrected chi connectivity index (χ0v) is 9.54. The second-order valence-corrected chi connectivity index (χ2v) is 3.56. The first-order valence-corrected chi connectivity index (χ1v) is 4.85. The van der Waals surface area contributed by atoms with E-state index in [-0.39, 0.29) is 5.97 Å². The number of nitrogens with one attached hydrogen (secondary N) is 1. The Morgan fingerprint density at radius 3 is 2.79 bits per heavy atom. The number of carbonyl (C=O) groups excluding carboxylic acids is 1. The maximum Gasteiger partial charge on any atom is 0.329 e. The van der Waals surface area contributed by atoms with Crippen molar-refractivity contribution < 1.29 is 9.53 Å². The van der Waals surface area contributed by atoms with Gasteiger partial charge in [-0.05, 0) is 35.1 Å². The second kappa shape index (κ2) is 5.07. The number of carbonyl (C=O) groups is 1. The molecule has 1 aromatic heterocycles. The topological polar surface area (TPSA) is 51.2 Å². The van der Waals surface area contributed by atoms with Crippen LogP contribution in [0.4, 0.5) is 0 Å². The van der Waals surface area contributed by atoms with E-state index in [1.807, 2.05) is 6.07 Å². The van der Waals surface area contributed by atoms with Crippen molar-refractivity contribution in [1.82, 2.24) is 10.3 Å². The molecule has 0 saturated carbocycles. The molecular weight excluding hydrogens is 248 g/mol. The standard InChI is InChI=1S/C9H11BrN2O2/c1-11-8(9(13)14-2)7-4-3-6(10)5-12-7/h3-5,8,11H,1-2H3. The molecule has 0 fully saturated rings. The number of methoxy groups -OCH3 is 1. The summed E-state index contributed by atoms with van der Waals surface area (Å²) >= 11 is 3.27. The van der Waals surface area contributed by atoms with Crippen molar-refractivity contribution in [3.8, 4) is 0 Å².